The molecule has 3 aromatic rings. The van der Waals surface area contributed by atoms with Crippen LogP contribution in [0.2, 0.25) is 18.1 Å². The third-order valence-corrected chi connectivity index (χ3v) is 13.9. The van der Waals surface area contributed by atoms with Gasteiger partial charge in [0.1, 0.15) is 12.4 Å². The Hall–Kier alpha value is -3.45. The van der Waals surface area contributed by atoms with Crippen molar-refractivity contribution in [3.8, 4) is 16.9 Å². The molecule has 5 nitrogen and oxygen atoms in total. The lowest BCUT2D eigenvalue weighted by Crippen LogP contribution is -2.42. The molecular weight excluding hydrogens is 589 g/mol. The van der Waals surface area contributed by atoms with Gasteiger partial charge in [0.25, 0.3) is 0 Å². The summed E-state index contributed by atoms with van der Waals surface area (Å²) >= 11 is 0. The van der Waals surface area contributed by atoms with Crippen LogP contribution in [0.25, 0.3) is 22.3 Å². The lowest BCUT2D eigenvalue weighted by atomic mass is 9.98. The van der Waals surface area contributed by atoms with Crippen molar-refractivity contribution < 1.29 is 23.7 Å². The van der Waals surface area contributed by atoms with Crippen LogP contribution in [0.15, 0.2) is 84.9 Å². The quantitative estimate of drug-likeness (QED) is 0.0885. The van der Waals surface area contributed by atoms with Gasteiger partial charge in [-0.3, -0.25) is 0 Å². The molecule has 0 fully saturated rings. The van der Waals surface area contributed by atoms with E-state index in [1.807, 2.05) is 31.2 Å². The molecule has 0 saturated heterocycles. The molecule has 6 heteroatoms. The molecule has 0 aromatic heterocycles. The lowest BCUT2D eigenvalue weighted by molar-refractivity contribution is -0.156. The van der Waals surface area contributed by atoms with Gasteiger partial charge in [-0.2, -0.15) is 0 Å². The van der Waals surface area contributed by atoms with Crippen LogP contribution in [0.4, 0.5) is 0 Å². The summed E-state index contributed by atoms with van der Waals surface area (Å²) in [6.45, 7) is 21.6. The summed E-state index contributed by atoms with van der Waals surface area (Å²) in [5.41, 5.74) is 8.15. The molecule has 46 heavy (non-hydrogen) atoms. The van der Waals surface area contributed by atoms with Crippen molar-refractivity contribution in [1.82, 2.24) is 0 Å². The predicted molar refractivity (Wildman–Crippen MR) is 195 cm³/mol. The minimum absolute atomic E-state index is 0.326. The highest BCUT2D eigenvalue weighted by Gasteiger charge is 2.35. The van der Waals surface area contributed by atoms with Gasteiger partial charge in [-0.15, -0.1) is 0 Å². The van der Waals surface area contributed by atoms with Crippen LogP contribution in [0.1, 0.15) is 65.2 Å². The van der Waals surface area contributed by atoms with E-state index in [0.717, 1.165) is 28.7 Å². The van der Waals surface area contributed by atoms with Crippen LogP contribution < -0.4 is 4.74 Å². The van der Waals surface area contributed by atoms with Gasteiger partial charge in [-0.05, 0) is 89.9 Å². The second kappa shape index (κ2) is 17.5. The lowest BCUT2D eigenvalue weighted by Gasteiger charge is -2.36. The van der Waals surface area contributed by atoms with Crippen molar-refractivity contribution in [2.24, 2.45) is 0 Å². The van der Waals surface area contributed by atoms with E-state index in [-0.39, 0.29) is 5.97 Å². The number of hydrogen-bond acceptors (Lipinski definition) is 5. The summed E-state index contributed by atoms with van der Waals surface area (Å²) in [5.74, 6) is 0.452. The topological polar surface area (TPSA) is 54.0 Å². The van der Waals surface area contributed by atoms with Crippen molar-refractivity contribution in [2.75, 3.05) is 32.7 Å². The Bertz CT molecular complexity index is 1430. The van der Waals surface area contributed by atoms with E-state index in [1.54, 1.807) is 6.92 Å². The van der Waals surface area contributed by atoms with E-state index in [1.165, 1.54) is 22.3 Å². The smallest absolute Gasteiger partial charge is 0.335 e. The van der Waals surface area contributed by atoms with Gasteiger partial charge < -0.3 is 18.9 Å². The van der Waals surface area contributed by atoms with Gasteiger partial charge in [0.15, 0.2) is 6.10 Å². The zero-order valence-corrected chi connectivity index (χ0v) is 30.4. The monoisotopic (exact) mass is 642 g/mol. The van der Waals surface area contributed by atoms with Crippen molar-refractivity contribution in [2.45, 2.75) is 79.1 Å². The first-order valence-electron chi connectivity index (χ1n) is 16.5. The number of rotatable bonds is 16. The molecule has 0 N–H and O–H groups in total. The number of carbonyl (C=O) groups excluding carboxylic acids is 1. The zero-order valence-electron chi connectivity index (χ0n) is 29.4. The zero-order chi connectivity index (χ0) is 33.7. The SMILES string of the molecule is CCOC(=O)[C@H](Cc1ccc(OC/C=C(\C)c2ccc(-c3ccc(/C(C)=C/COC[Si](C)(C)C(C)(C)C)cc3)cc2)cc1)OCC. The molecular formula is C40H54O5Si. The molecule has 0 aliphatic carbocycles. The van der Waals surface area contributed by atoms with Crippen LogP contribution in [-0.4, -0.2) is 52.8 Å². The molecule has 0 amide bonds. The maximum absolute atomic E-state index is 12.1. The molecule has 0 spiro atoms. The molecule has 0 radical (unpaired) electrons. The van der Waals surface area contributed by atoms with Crippen LogP contribution in [-0.2, 0) is 25.4 Å². The summed E-state index contributed by atoms with van der Waals surface area (Å²) in [6, 6.07) is 25.2. The summed E-state index contributed by atoms with van der Waals surface area (Å²) < 4.78 is 22.8. The minimum Gasteiger partial charge on any atom is -0.490 e. The molecule has 248 valence electrons. The first-order valence-corrected chi connectivity index (χ1v) is 19.7. The summed E-state index contributed by atoms with van der Waals surface area (Å²) in [7, 11) is -1.42. The fourth-order valence-electron chi connectivity index (χ4n) is 4.65. The molecule has 0 aliphatic heterocycles. The van der Waals surface area contributed by atoms with Crippen LogP contribution >= 0.6 is 0 Å². The maximum atomic E-state index is 12.1. The van der Waals surface area contributed by atoms with Gasteiger partial charge in [-0.1, -0.05) is 101 Å². The Morgan fingerprint density at radius 1 is 0.761 bits per heavy atom. The van der Waals surface area contributed by atoms with Gasteiger partial charge in [0.05, 0.1) is 21.3 Å². The fourth-order valence-corrected chi connectivity index (χ4v) is 5.71. The largest absolute Gasteiger partial charge is 0.490 e. The molecule has 0 saturated carbocycles. The average molecular weight is 643 g/mol. The van der Waals surface area contributed by atoms with E-state index >= 15 is 0 Å². The maximum Gasteiger partial charge on any atom is 0.335 e. The van der Waals surface area contributed by atoms with Gasteiger partial charge in [0, 0.05) is 19.3 Å². The minimum atomic E-state index is -1.42. The van der Waals surface area contributed by atoms with Gasteiger partial charge in [-0.25, -0.2) is 4.79 Å². The highest BCUT2D eigenvalue weighted by atomic mass is 28.3. The Balaban J connectivity index is 1.51. The second-order valence-electron chi connectivity index (χ2n) is 13.4. The molecule has 3 aromatic carbocycles. The Morgan fingerprint density at radius 2 is 1.28 bits per heavy atom. The standard InChI is InChI=1S/C40H54O5Si/c1-10-43-38(39(41)44-11-2)28-32-12-22-37(23-13-32)45-27-25-31(4)34-16-20-36(21-17-34)35-18-14-33(15-19-35)30(3)24-26-42-29-46(8,9)40(5,6)7/h12-25,38H,10-11,26-29H2,1-9H3/b30-24+,31-25+/t38-/m0/s1. The second-order valence-corrected chi connectivity index (χ2v) is 19.0. The van der Waals surface area contributed by atoms with Crippen molar-refractivity contribution in [3.63, 3.8) is 0 Å². The Kier molecular flexibility index (Phi) is 14.0. The normalized spacial score (nSPS) is 13.4. The van der Waals surface area contributed by atoms with Crippen LogP contribution in [0, 0.1) is 0 Å². The van der Waals surface area contributed by atoms with Gasteiger partial charge in [0.2, 0.25) is 0 Å². The number of carbonyl (C=O) groups is 1. The fraction of sp³-hybridized carbons (Fsp3) is 0.425. The van der Waals surface area contributed by atoms with E-state index in [9.17, 15) is 4.79 Å². The third kappa shape index (κ3) is 11.1. The Morgan fingerprint density at radius 3 is 1.76 bits per heavy atom. The first kappa shape index (κ1) is 37.0. The highest BCUT2D eigenvalue weighted by molar-refractivity contribution is 6.80. The van der Waals surface area contributed by atoms with E-state index in [4.69, 9.17) is 18.9 Å². The van der Waals surface area contributed by atoms with Crippen molar-refractivity contribution in [1.29, 1.82) is 0 Å². The first-order chi connectivity index (χ1) is 21.8. The molecule has 1 atom stereocenters. The molecule has 0 unspecified atom stereocenters. The molecule has 0 heterocycles. The number of benzene rings is 3. The van der Waals surface area contributed by atoms with Gasteiger partial charge >= 0.3 is 5.97 Å². The number of hydrogen-bond donors (Lipinski definition) is 0. The van der Waals surface area contributed by atoms with Crippen LogP contribution in [0.5, 0.6) is 5.75 Å². The van der Waals surface area contributed by atoms with E-state index in [0.29, 0.717) is 37.9 Å². The summed E-state index contributed by atoms with van der Waals surface area (Å²) in [6.07, 6.45) is 5.03. The molecule has 3 rings (SSSR count). The van der Waals surface area contributed by atoms with E-state index in [2.05, 4.69) is 108 Å². The summed E-state index contributed by atoms with van der Waals surface area (Å²) in [5, 5.41) is 0.335. The van der Waals surface area contributed by atoms with Crippen molar-refractivity contribution >= 4 is 25.2 Å². The number of ether oxygens (including phenoxy) is 4. The molecule has 0 bridgehead atoms. The number of esters is 1. The Labute approximate surface area is 278 Å². The molecule has 0 aliphatic rings. The number of allylic oxidation sites excluding steroid dienone is 2. The summed E-state index contributed by atoms with van der Waals surface area (Å²) in [4.78, 5) is 12.1. The van der Waals surface area contributed by atoms with Crippen molar-refractivity contribution in [3.05, 3.63) is 102 Å². The predicted octanol–water partition coefficient (Wildman–Crippen LogP) is 9.81. The average Bonchev–Trinajstić information content (AvgIpc) is 3.03. The highest BCUT2D eigenvalue weighted by Crippen LogP contribution is 2.36. The van der Waals surface area contributed by atoms with E-state index < -0.39 is 14.2 Å². The third-order valence-electron chi connectivity index (χ3n) is 8.92. The van der Waals surface area contributed by atoms with Crippen LogP contribution in [0.3, 0.4) is 0 Å².